The van der Waals surface area contributed by atoms with E-state index in [1.165, 1.54) is 0 Å². The molecule has 1 unspecified atom stereocenters. The van der Waals surface area contributed by atoms with Gasteiger partial charge in [0.15, 0.2) is 11.5 Å². The fraction of sp³-hybridized carbons (Fsp3) is 0.273. The summed E-state index contributed by atoms with van der Waals surface area (Å²) in [6.45, 7) is 3.91. The Morgan fingerprint density at radius 2 is 1.90 bits per heavy atom. The second kappa shape index (κ2) is 6.83. The highest BCUT2D eigenvalue weighted by atomic mass is 16.2. The molecule has 5 rings (SSSR count). The fourth-order valence-electron chi connectivity index (χ4n) is 4.13. The molecule has 1 aliphatic rings. The second-order valence-electron chi connectivity index (χ2n) is 7.85. The average Bonchev–Trinajstić information content (AvgIpc) is 3.26. The maximum Gasteiger partial charge on any atom is 0.240 e. The summed E-state index contributed by atoms with van der Waals surface area (Å²) >= 11 is 0. The Kier molecular flexibility index (Phi) is 4.21. The number of carbonyl (C=O) groups is 1. The molecule has 4 aromatic rings. The molecule has 1 amide bonds. The molecule has 0 radical (unpaired) electrons. The quantitative estimate of drug-likeness (QED) is 0.526. The molecule has 3 aromatic heterocycles. The van der Waals surface area contributed by atoms with Gasteiger partial charge in [-0.2, -0.15) is 5.10 Å². The number of carbonyl (C=O) groups excluding carboxylic acids is 1. The summed E-state index contributed by atoms with van der Waals surface area (Å²) in [7, 11) is 1.83. The van der Waals surface area contributed by atoms with Crippen molar-refractivity contribution in [3.8, 4) is 11.5 Å². The zero-order valence-electron chi connectivity index (χ0n) is 17.5. The van der Waals surface area contributed by atoms with Gasteiger partial charge in [-0.15, -0.1) is 0 Å². The Hall–Kier alpha value is -3.88. The molecule has 31 heavy (non-hydrogen) atoms. The minimum absolute atomic E-state index is 0.187. The van der Waals surface area contributed by atoms with Crippen molar-refractivity contribution in [3.63, 3.8) is 0 Å². The van der Waals surface area contributed by atoms with Crippen molar-refractivity contribution < 1.29 is 4.79 Å². The van der Waals surface area contributed by atoms with Crippen LogP contribution in [0.4, 0.5) is 11.6 Å². The van der Waals surface area contributed by atoms with Crippen LogP contribution in [-0.2, 0) is 23.7 Å². The minimum Gasteiger partial charge on any atom is -0.383 e. The summed E-state index contributed by atoms with van der Waals surface area (Å²) in [5, 5.41) is 7.94. The summed E-state index contributed by atoms with van der Waals surface area (Å²) in [5.74, 6) is 1.50. The van der Waals surface area contributed by atoms with E-state index in [2.05, 4.69) is 32.3 Å². The van der Waals surface area contributed by atoms with Crippen LogP contribution in [-0.4, -0.2) is 35.6 Å². The first-order valence-corrected chi connectivity index (χ1v) is 10.2. The SMILES string of the molecule is CCCc1nc(-c2nc(N)c3c(n2)NC(=O)C3(C)c2ccccc2)c2cnn(C)c2n1. The van der Waals surface area contributed by atoms with Crippen LogP contribution in [0.25, 0.3) is 22.6 Å². The van der Waals surface area contributed by atoms with Gasteiger partial charge in [0.05, 0.1) is 17.1 Å². The molecule has 4 heterocycles. The first-order chi connectivity index (χ1) is 14.9. The number of aryl methyl sites for hydroxylation is 2. The molecule has 3 N–H and O–H groups in total. The molecule has 0 aliphatic carbocycles. The Labute approximate surface area is 178 Å². The smallest absolute Gasteiger partial charge is 0.240 e. The third-order valence-electron chi connectivity index (χ3n) is 5.80. The standard InChI is InChI=1S/C22H22N8O/c1-4-8-14-25-16(13-11-24-30(3)20(13)26-14)19-27-17(23)15-18(28-19)29-21(31)22(15,2)12-9-6-5-7-10-12/h5-7,9-11H,4,8H2,1-3H3,(H3,23,27,28,29,31). The van der Waals surface area contributed by atoms with Gasteiger partial charge in [0.1, 0.15) is 28.6 Å². The number of aromatic nitrogens is 6. The van der Waals surface area contributed by atoms with Crippen LogP contribution in [0.5, 0.6) is 0 Å². The van der Waals surface area contributed by atoms with E-state index >= 15 is 0 Å². The van der Waals surface area contributed by atoms with Crippen molar-refractivity contribution in [1.82, 2.24) is 29.7 Å². The maximum absolute atomic E-state index is 13.0. The number of nitrogens with one attached hydrogen (secondary N) is 1. The number of fused-ring (bicyclic) bond motifs is 2. The van der Waals surface area contributed by atoms with Crippen molar-refractivity contribution in [2.45, 2.75) is 32.1 Å². The van der Waals surface area contributed by atoms with Gasteiger partial charge in [-0.3, -0.25) is 9.48 Å². The minimum atomic E-state index is -0.970. The molecule has 1 aromatic carbocycles. The van der Waals surface area contributed by atoms with Gasteiger partial charge in [0, 0.05) is 13.5 Å². The number of rotatable bonds is 4. The molecule has 0 spiro atoms. The fourth-order valence-corrected chi connectivity index (χ4v) is 4.13. The van der Waals surface area contributed by atoms with Gasteiger partial charge >= 0.3 is 0 Å². The number of anilines is 2. The average molecular weight is 414 g/mol. The van der Waals surface area contributed by atoms with Crippen molar-refractivity contribution in [2.75, 3.05) is 11.1 Å². The third-order valence-corrected chi connectivity index (χ3v) is 5.80. The molecular weight excluding hydrogens is 392 g/mol. The van der Waals surface area contributed by atoms with Crippen LogP contribution in [0, 0.1) is 0 Å². The van der Waals surface area contributed by atoms with Crippen molar-refractivity contribution >= 4 is 28.6 Å². The van der Waals surface area contributed by atoms with Crippen LogP contribution in [0.15, 0.2) is 36.5 Å². The van der Waals surface area contributed by atoms with Crippen molar-refractivity contribution in [1.29, 1.82) is 0 Å². The first kappa shape index (κ1) is 19.1. The predicted octanol–water partition coefficient (Wildman–Crippen LogP) is 2.61. The zero-order chi connectivity index (χ0) is 21.8. The van der Waals surface area contributed by atoms with Crippen LogP contribution >= 0.6 is 0 Å². The molecule has 0 fully saturated rings. The molecule has 9 heteroatoms. The van der Waals surface area contributed by atoms with Gasteiger partial charge in [-0.05, 0) is 18.9 Å². The molecule has 0 saturated carbocycles. The van der Waals surface area contributed by atoms with E-state index in [9.17, 15) is 4.79 Å². The number of benzene rings is 1. The Morgan fingerprint density at radius 3 is 2.65 bits per heavy atom. The van der Waals surface area contributed by atoms with E-state index < -0.39 is 5.41 Å². The maximum atomic E-state index is 13.0. The summed E-state index contributed by atoms with van der Waals surface area (Å²) in [6, 6.07) is 9.51. The zero-order valence-corrected chi connectivity index (χ0v) is 17.5. The lowest BCUT2D eigenvalue weighted by Gasteiger charge is -2.23. The summed E-state index contributed by atoms with van der Waals surface area (Å²) in [5.41, 5.74) is 8.12. The number of nitrogen functional groups attached to an aromatic ring is 1. The third kappa shape index (κ3) is 2.77. The predicted molar refractivity (Wildman–Crippen MR) is 117 cm³/mol. The van der Waals surface area contributed by atoms with Crippen molar-refractivity contribution in [3.05, 3.63) is 53.5 Å². The molecule has 0 bridgehead atoms. The Bertz CT molecular complexity index is 1330. The Balaban J connectivity index is 1.72. The number of amides is 1. The van der Waals surface area contributed by atoms with E-state index in [4.69, 9.17) is 10.7 Å². The molecule has 156 valence electrons. The van der Waals surface area contributed by atoms with E-state index in [0.717, 1.165) is 23.8 Å². The molecule has 1 atom stereocenters. The van der Waals surface area contributed by atoms with Gasteiger partial charge in [-0.1, -0.05) is 37.3 Å². The number of nitrogens with zero attached hydrogens (tertiary/aromatic N) is 6. The highest BCUT2D eigenvalue weighted by Gasteiger charge is 2.47. The molecule has 1 aliphatic heterocycles. The van der Waals surface area contributed by atoms with Crippen LogP contribution in [0.3, 0.4) is 0 Å². The number of nitrogens with two attached hydrogens (primary N) is 1. The highest BCUT2D eigenvalue weighted by Crippen LogP contribution is 2.45. The second-order valence-corrected chi connectivity index (χ2v) is 7.85. The van der Waals surface area contributed by atoms with Crippen LogP contribution in [0.1, 0.15) is 37.2 Å². The normalized spacial score (nSPS) is 17.7. The van der Waals surface area contributed by atoms with Crippen LogP contribution < -0.4 is 11.1 Å². The lowest BCUT2D eigenvalue weighted by atomic mass is 9.78. The lowest BCUT2D eigenvalue weighted by molar-refractivity contribution is -0.119. The molecular formula is C22H22N8O. The van der Waals surface area contributed by atoms with Crippen molar-refractivity contribution in [2.24, 2.45) is 7.05 Å². The van der Waals surface area contributed by atoms with Gasteiger partial charge in [0.2, 0.25) is 5.91 Å². The summed E-state index contributed by atoms with van der Waals surface area (Å²) in [4.78, 5) is 31.6. The van der Waals surface area contributed by atoms with E-state index in [1.54, 1.807) is 10.9 Å². The van der Waals surface area contributed by atoms with E-state index in [1.807, 2.05) is 44.3 Å². The summed E-state index contributed by atoms with van der Waals surface area (Å²) in [6.07, 6.45) is 3.32. The topological polar surface area (TPSA) is 124 Å². The number of hydrogen-bond donors (Lipinski definition) is 2. The largest absolute Gasteiger partial charge is 0.383 e. The monoisotopic (exact) mass is 414 g/mol. The first-order valence-electron chi connectivity index (χ1n) is 10.2. The highest BCUT2D eigenvalue weighted by molar-refractivity contribution is 6.09. The van der Waals surface area contributed by atoms with Gasteiger partial charge < -0.3 is 11.1 Å². The number of hydrogen-bond acceptors (Lipinski definition) is 7. The summed E-state index contributed by atoms with van der Waals surface area (Å²) < 4.78 is 1.70. The lowest BCUT2D eigenvalue weighted by Crippen LogP contribution is -2.32. The van der Waals surface area contributed by atoms with Crippen LogP contribution in [0.2, 0.25) is 0 Å². The Morgan fingerprint density at radius 1 is 1.13 bits per heavy atom. The molecule has 9 nitrogen and oxygen atoms in total. The molecule has 0 saturated heterocycles. The van der Waals surface area contributed by atoms with E-state index in [-0.39, 0.29) is 11.7 Å². The van der Waals surface area contributed by atoms with Gasteiger partial charge in [0.25, 0.3) is 0 Å². The van der Waals surface area contributed by atoms with Gasteiger partial charge in [-0.25, -0.2) is 19.9 Å². The van der Waals surface area contributed by atoms with E-state index in [0.29, 0.717) is 34.4 Å².